The molecule has 0 aromatic carbocycles. The Morgan fingerprint density at radius 1 is 1.19 bits per heavy atom. The van der Waals surface area contributed by atoms with Crippen LogP contribution in [0.4, 0.5) is 22.0 Å². The summed E-state index contributed by atoms with van der Waals surface area (Å²) in [5.74, 6) is -14.5. The Morgan fingerprint density at radius 3 is 2.12 bits per heavy atom. The maximum atomic E-state index is 13.4. The third-order valence-electron chi connectivity index (χ3n) is 2.00. The Morgan fingerprint density at radius 2 is 1.69 bits per heavy atom. The average Bonchev–Trinajstić information content (AvgIpc) is 2.10. The molecule has 3 N–H and O–H groups in total. The Labute approximate surface area is 86.1 Å². The number of rotatable bonds is 2. The van der Waals surface area contributed by atoms with Crippen LogP contribution in [-0.4, -0.2) is 46.3 Å². The number of allylic oxidation sites excluding steroid dienone is 1. The first-order chi connectivity index (χ1) is 7.04. The maximum Gasteiger partial charge on any atom is 0.636 e. The normalized spacial score (nSPS) is 42.1. The van der Waals surface area contributed by atoms with Crippen molar-refractivity contribution < 1.29 is 41.8 Å². The molecule has 1 aliphatic carbocycles. The fourth-order valence-electron chi connectivity index (χ4n) is 1.12. The monoisotopic (exact) mass is 248 g/mol. The van der Waals surface area contributed by atoms with Gasteiger partial charge in [0.15, 0.2) is 6.17 Å². The van der Waals surface area contributed by atoms with Gasteiger partial charge in [-0.1, -0.05) is 0 Å². The molecule has 0 fully saturated rings. The Kier molecular flexibility index (Phi) is 3.05. The van der Waals surface area contributed by atoms with E-state index >= 15 is 0 Å². The lowest BCUT2D eigenvalue weighted by atomic mass is 9.90. The van der Waals surface area contributed by atoms with Gasteiger partial charge in [-0.3, -0.25) is 0 Å². The van der Waals surface area contributed by atoms with Crippen LogP contribution >= 0.6 is 0 Å². The maximum absolute atomic E-state index is 13.4. The lowest BCUT2D eigenvalue weighted by Crippen LogP contribution is -2.66. The van der Waals surface area contributed by atoms with Crippen LogP contribution in [0.1, 0.15) is 0 Å². The highest BCUT2D eigenvalue weighted by molar-refractivity contribution is 6.32. The van der Waals surface area contributed by atoms with E-state index in [0.717, 1.165) is 0 Å². The van der Waals surface area contributed by atoms with Gasteiger partial charge in [0.2, 0.25) is 0 Å². The fraction of sp³-hybridized carbons (Fsp3) is 0.667. The third kappa shape index (κ3) is 1.71. The molecule has 0 aromatic rings. The van der Waals surface area contributed by atoms with Crippen LogP contribution in [0, 0.1) is 0 Å². The minimum Gasteiger partial charge on any atom is -0.402 e. The molecule has 0 aliphatic heterocycles. The van der Waals surface area contributed by atoms with Crippen molar-refractivity contribution in [1.29, 1.82) is 0 Å². The highest BCUT2D eigenvalue weighted by atomic mass is 19.3. The van der Waals surface area contributed by atoms with Crippen LogP contribution in [-0.2, 0) is 4.65 Å². The molecule has 1 rings (SSSR count). The van der Waals surface area contributed by atoms with Crippen molar-refractivity contribution in [2.45, 2.75) is 23.8 Å². The minimum atomic E-state index is -5.13. The van der Waals surface area contributed by atoms with E-state index in [4.69, 9.17) is 15.2 Å². The second kappa shape index (κ2) is 3.65. The van der Waals surface area contributed by atoms with Gasteiger partial charge in [-0.15, -0.1) is 0 Å². The summed E-state index contributed by atoms with van der Waals surface area (Å²) in [5.41, 5.74) is 0. The predicted molar refractivity (Wildman–Crippen MR) is 40.2 cm³/mol. The molecule has 0 spiro atoms. The van der Waals surface area contributed by atoms with Crippen molar-refractivity contribution in [3.8, 4) is 0 Å². The van der Waals surface area contributed by atoms with E-state index in [9.17, 15) is 22.0 Å². The summed E-state index contributed by atoms with van der Waals surface area (Å²) < 4.78 is 68.0. The van der Waals surface area contributed by atoms with Gasteiger partial charge in [-0.05, 0) is 12.2 Å². The zero-order chi connectivity index (χ0) is 12.8. The molecule has 0 aromatic heterocycles. The SMILES string of the molecule is OB(O)OC1(F)C=CC(F)C(F)(F)C1(O)F. The van der Waals surface area contributed by atoms with Crippen molar-refractivity contribution in [3.63, 3.8) is 0 Å². The molecule has 16 heavy (non-hydrogen) atoms. The first kappa shape index (κ1) is 13.4. The predicted octanol–water partition coefficient (Wildman–Crippen LogP) is -0.160. The van der Waals surface area contributed by atoms with Crippen molar-refractivity contribution in [3.05, 3.63) is 12.2 Å². The largest absolute Gasteiger partial charge is 0.636 e. The molecule has 0 saturated heterocycles. The van der Waals surface area contributed by atoms with Gasteiger partial charge >= 0.3 is 19.1 Å². The van der Waals surface area contributed by atoms with Crippen LogP contribution in [0.15, 0.2) is 12.2 Å². The van der Waals surface area contributed by atoms with E-state index in [-0.39, 0.29) is 12.2 Å². The summed E-state index contributed by atoms with van der Waals surface area (Å²) in [6.45, 7) is 0. The highest BCUT2D eigenvalue weighted by Crippen LogP contribution is 2.49. The van der Waals surface area contributed by atoms with E-state index in [1.807, 2.05) is 0 Å². The molecular formula is C6H6BF5O4. The molecule has 0 saturated carbocycles. The number of hydrogen-bond acceptors (Lipinski definition) is 4. The summed E-state index contributed by atoms with van der Waals surface area (Å²) in [6.07, 6.45) is -3.57. The summed E-state index contributed by atoms with van der Waals surface area (Å²) in [5, 5.41) is 25.0. The van der Waals surface area contributed by atoms with Crippen molar-refractivity contribution in [2.24, 2.45) is 0 Å². The van der Waals surface area contributed by atoms with Crippen LogP contribution in [0.25, 0.3) is 0 Å². The Hall–Kier alpha value is -0.705. The van der Waals surface area contributed by atoms with Crippen molar-refractivity contribution in [1.82, 2.24) is 0 Å². The lowest BCUT2D eigenvalue weighted by Gasteiger charge is -2.41. The molecule has 92 valence electrons. The molecule has 0 bridgehead atoms. The standard InChI is InChI=1S/C6H6BF5O4/c8-3-1-2-4(9,16-7(14)15)6(12,13)5(3,10)11/h1-3,13-15H. The van der Waals surface area contributed by atoms with E-state index in [1.54, 1.807) is 0 Å². The molecular weight excluding hydrogens is 242 g/mol. The Bertz CT molecular complexity index is 309. The zero-order valence-corrected chi connectivity index (χ0v) is 7.45. The van der Waals surface area contributed by atoms with Gasteiger partial charge in [0.25, 0.3) is 5.85 Å². The van der Waals surface area contributed by atoms with Crippen LogP contribution < -0.4 is 0 Å². The second-order valence-corrected chi connectivity index (χ2v) is 3.10. The number of alkyl halides is 5. The summed E-state index contributed by atoms with van der Waals surface area (Å²) in [7, 11) is -2.97. The topological polar surface area (TPSA) is 69.9 Å². The number of halogens is 5. The molecule has 0 heterocycles. The molecule has 3 unspecified atom stereocenters. The van der Waals surface area contributed by atoms with Gasteiger partial charge in [0.05, 0.1) is 0 Å². The van der Waals surface area contributed by atoms with Gasteiger partial charge in [0, 0.05) is 0 Å². The first-order valence-corrected chi connectivity index (χ1v) is 3.90. The smallest absolute Gasteiger partial charge is 0.402 e. The molecule has 4 nitrogen and oxygen atoms in total. The van der Waals surface area contributed by atoms with E-state index < -0.39 is 31.1 Å². The van der Waals surface area contributed by atoms with Crippen LogP contribution in [0.3, 0.4) is 0 Å². The zero-order valence-electron chi connectivity index (χ0n) is 7.45. The van der Waals surface area contributed by atoms with E-state index in [2.05, 4.69) is 4.65 Å². The van der Waals surface area contributed by atoms with Gasteiger partial charge in [0.1, 0.15) is 0 Å². The number of aliphatic hydroxyl groups is 1. The fourth-order valence-corrected chi connectivity index (χ4v) is 1.12. The molecule has 0 radical (unpaired) electrons. The highest BCUT2D eigenvalue weighted by Gasteiger charge is 2.74. The second-order valence-electron chi connectivity index (χ2n) is 3.10. The van der Waals surface area contributed by atoms with Crippen molar-refractivity contribution >= 4 is 7.32 Å². The average molecular weight is 248 g/mol. The van der Waals surface area contributed by atoms with E-state index in [1.165, 1.54) is 0 Å². The number of hydrogen-bond donors (Lipinski definition) is 3. The quantitative estimate of drug-likeness (QED) is 0.360. The lowest BCUT2D eigenvalue weighted by molar-refractivity contribution is -0.361. The molecule has 3 atom stereocenters. The van der Waals surface area contributed by atoms with Gasteiger partial charge in [-0.2, -0.15) is 13.2 Å². The summed E-state index contributed by atoms with van der Waals surface area (Å²) >= 11 is 0. The molecule has 0 amide bonds. The third-order valence-corrected chi connectivity index (χ3v) is 2.00. The molecule has 10 heteroatoms. The summed E-state index contributed by atoms with van der Waals surface area (Å²) in [4.78, 5) is 0. The Balaban J connectivity index is 3.18. The van der Waals surface area contributed by atoms with E-state index in [0.29, 0.717) is 0 Å². The minimum absolute atomic E-state index is 0.101. The van der Waals surface area contributed by atoms with Crippen LogP contribution in [0.2, 0.25) is 0 Å². The summed E-state index contributed by atoms with van der Waals surface area (Å²) in [6, 6.07) is 0. The van der Waals surface area contributed by atoms with Gasteiger partial charge < -0.3 is 19.8 Å². The van der Waals surface area contributed by atoms with Crippen LogP contribution in [0.5, 0.6) is 0 Å². The van der Waals surface area contributed by atoms with Crippen molar-refractivity contribution in [2.75, 3.05) is 0 Å². The van der Waals surface area contributed by atoms with Gasteiger partial charge in [-0.25, -0.2) is 8.78 Å². The first-order valence-electron chi connectivity index (χ1n) is 3.90. The molecule has 1 aliphatic rings.